The monoisotopic (exact) mass is 294 g/mol. The first-order valence-corrected chi connectivity index (χ1v) is 8.42. The van der Waals surface area contributed by atoms with Crippen LogP contribution in [0.3, 0.4) is 0 Å². The third-order valence-corrected chi connectivity index (χ3v) is 4.74. The fraction of sp³-hybridized carbons (Fsp3) is 0.667. The van der Waals surface area contributed by atoms with E-state index in [0.29, 0.717) is 6.04 Å². The summed E-state index contributed by atoms with van der Waals surface area (Å²) in [5, 5.41) is 8.94. The van der Waals surface area contributed by atoms with Crippen LogP contribution in [0, 0.1) is 0 Å². The summed E-state index contributed by atoms with van der Waals surface area (Å²) >= 11 is 1.77. The lowest BCUT2D eigenvalue weighted by molar-refractivity contribution is 0.236. The van der Waals surface area contributed by atoms with Gasteiger partial charge in [-0.2, -0.15) is 0 Å². The molecule has 1 aliphatic rings. The lowest BCUT2D eigenvalue weighted by atomic mass is 10.2. The van der Waals surface area contributed by atoms with E-state index in [0.717, 1.165) is 19.0 Å². The van der Waals surface area contributed by atoms with E-state index >= 15 is 0 Å². The zero-order valence-corrected chi connectivity index (χ0v) is 13.4. The topological polar surface area (TPSA) is 39.7 Å². The highest BCUT2D eigenvalue weighted by Gasteiger charge is 2.20. The smallest absolute Gasteiger partial charge is 0.191 e. The van der Waals surface area contributed by atoms with Crippen LogP contribution in [-0.2, 0) is 6.54 Å². The first-order valence-electron chi connectivity index (χ1n) is 7.54. The van der Waals surface area contributed by atoms with Crippen molar-refractivity contribution in [2.45, 2.75) is 38.8 Å². The van der Waals surface area contributed by atoms with Gasteiger partial charge in [-0.05, 0) is 43.8 Å². The summed E-state index contributed by atoms with van der Waals surface area (Å²) in [4.78, 5) is 8.23. The van der Waals surface area contributed by atoms with Crippen molar-refractivity contribution in [3.05, 3.63) is 22.4 Å². The first kappa shape index (κ1) is 15.3. The van der Waals surface area contributed by atoms with Gasteiger partial charge in [0.2, 0.25) is 0 Å². The van der Waals surface area contributed by atoms with Crippen LogP contribution >= 0.6 is 11.3 Å². The van der Waals surface area contributed by atoms with Crippen LogP contribution in [0.2, 0.25) is 0 Å². The molecule has 1 aliphatic heterocycles. The Morgan fingerprint density at radius 1 is 1.40 bits per heavy atom. The largest absolute Gasteiger partial charge is 0.355 e. The highest BCUT2D eigenvalue weighted by molar-refractivity contribution is 7.09. The maximum absolute atomic E-state index is 4.30. The van der Waals surface area contributed by atoms with Gasteiger partial charge in [0.05, 0.1) is 6.54 Å². The second-order valence-corrected chi connectivity index (χ2v) is 6.22. The molecule has 0 amide bonds. The third-order valence-electron chi connectivity index (χ3n) is 3.87. The first-order chi connectivity index (χ1) is 9.83. The standard InChI is InChI=1S/C15H26N4S/c1-3-13(19-8-4-5-9-19)11-17-15(16-2)18-12-14-7-6-10-20-14/h6-7,10,13H,3-5,8-9,11-12H2,1-2H3,(H2,16,17,18). The molecule has 4 nitrogen and oxygen atoms in total. The number of nitrogens with one attached hydrogen (secondary N) is 2. The number of hydrogen-bond donors (Lipinski definition) is 2. The average Bonchev–Trinajstić information content (AvgIpc) is 3.15. The van der Waals surface area contributed by atoms with Gasteiger partial charge in [0.25, 0.3) is 0 Å². The molecule has 1 fully saturated rings. The van der Waals surface area contributed by atoms with Gasteiger partial charge in [0, 0.05) is 24.5 Å². The maximum Gasteiger partial charge on any atom is 0.191 e. The minimum atomic E-state index is 0.623. The summed E-state index contributed by atoms with van der Waals surface area (Å²) in [5.74, 6) is 0.899. The van der Waals surface area contributed by atoms with E-state index in [4.69, 9.17) is 0 Å². The lowest BCUT2D eigenvalue weighted by Crippen LogP contribution is -2.46. The molecule has 0 spiro atoms. The molecular weight excluding hydrogens is 268 g/mol. The van der Waals surface area contributed by atoms with Crippen LogP contribution in [0.1, 0.15) is 31.1 Å². The van der Waals surface area contributed by atoms with Crippen molar-refractivity contribution in [2.75, 3.05) is 26.7 Å². The molecule has 112 valence electrons. The van der Waals surface area contributed by atoms with Crippen LogP contribution < -0.4 is 10.6 Å². The Labute approximate surface area is 126 Å². The molecular formula is C15H26N4S. The second kappa shape index (κ2) is 8.27. The summed E-state index contributed by atoms with van der Waals surface area (Å²) in [6.45, 7) is 6.59. The number of nitrogens with zero attached hydrogens (tertiary/aromatic N) is 2. The summed E-state index contributed by atoms with van der Waals surface area (Å²) in [6.07, 6.45) is 3.89. The molecule has 20 heavy (non-hydrogen) atoms. The minimum absolute atomic E-state index is 0.623. The quantitative estimate of drug-likeness (QED) is 0.625. The van der Waals surface area contributed by atoms with E-state index in [9.17, 15) is 0 Å². The van der Waals surface area contributed by atoms with E-state index in [-0.39, 0.29) is 0 Å². The Balaban J connectivity index is 1.74. The van der Waals surface area contributed by atoms with E-state index in [1.807, 2.05) is 7.05 Å². The SMILES string of the molecule is CCC(CNC(=NC)NCc1cccs1)N1CCCC1. The lowest BCUT2D eigenvalue weighted by Gasteiger charge is -2.27. The van der Waals surface area contributed by atoms with Gasteiger partial charge >= 0.3 is 0 Å². The Kier molecular flexibility index (Phi) is 6.33. The normalized spacial score (nSPS) is 18.2. The molecule has 1 unspecified atom stereocenters. The van der Waals surface area contributed by atoms with Gasteiger partial charge in [-0.15, -0.1) is 11.3 Å². The molecule has 0 aromatic carbocycles. The highest BCUT2D eigenvalue weighted by Crippen LogP contribution is 2.13. The van der Waals surface area contributed by atoms with Crippen molar-refractivity contribution in [3.63, 3.8) is 0 Å². The van der Waals surface area contributed by atoms with Crippen molar-refractivity contribution >= 4 is 17.3 Å². The molecule has 2 N–H and O–H groups in total. The molecule has 2 rings (SSSR count). The van der Waals surface area contributed by atoms with Crippen molar-refractivity contribution in [1.82, 2.24) is 15.5 Å². The zero-order chi connectivity index (χ0) is 14.2. The molecule has 2 heterocycles. The fourth-order valence-electron chi connectivity index (χ4n) is 2.66. The van der Waals surface area contributed by atoms with Crippen molar-refractivity contribution in [1.29, 1.82) is 0 Å². The molecule has 1 saturated heterocycles. The summed E-state index contributed by atoms with van der Waals surface area (Å²) < 4.78 is 0. The van der Waals surface area contributed by atoms with Crippen LogP contribution in [0.5, 0.6) is 0 Å². The molecule has 0 aliphatic carbocycles. The number of likely N-dealkylation sites (tertiary alicyclic amines) is 1. The van der Waals surface area contributed by atoms with Gasteiger partial charge in [0.15, 0.2) is 5.96 Å². The summed E-state index contributed by atoms with van der Waals surface area (Å²) in [6, 6.07) is 4.85. The number of rotatable bonds is 6. The van der Waals surface area contributed by atoms with Gasteiger partial charge in [0.1, 0.15) is 0 Å². The van der Waals surface area contributed by atoms with Gasteiger partial charge < -0.3 is 10.6 Å². The van der Waals surface area contributed by atoms with E-state index in [1.165, 1.54) is 37.2 Å². The predicted octanol–water partition coefficient (Wildman–Crippen LogP) is 2.29. The Hall–Kier alpha value is -1.07. The Morgan fingerprint density at radius 3 is 2.80 bits per heavy atom. The van der Waals surface area contributed by atoms with Gasteiger partial charge in [-0.1, -0.05) is 13.0 Å². The second-order valence-electron chi connectivity index (χ2n) is 5.19. The molecule has 1 atom stereocenters. The number of aliphatic imine (C=N–C) groups is 1. The van der Waals surface area contributed by atoms with Crippen molar-refractivity contribution < 1.29 is 0 Å². The van der Waals surface area contributed by atoms with E-state index in [2.05, 4.69) is 45.0 Å². The molecule has 1 aromatic heterocycles. The fourth-order valence-corrected chi connectivity index (χ4v) is 3.30. The summed E-state index contributed by atoms with van der Waals surface area (Å²) in [7, 11) is 1.83. The average molecular weight is 294 g/mol. The Bertz CT molecular complexity index is 396. The molecule has 0 saturated carbocycles. The number of guanidine groups is 1. The van der Waals surface area contributed by atoms with Crippen LogP contribution in [0.4, 0.5) is 0 Å². The predicted molar refractivity (Wildman–Crippen MR) is 87.4 cm³/mol. The van der Waals surface area contributed by atoms with Crippen LogP contribution in [0.25, 0.3) is 0 Å². The van der Waals surface area contributed by atoms with Crippen molar-refractivity contribution in [2.24, 2.45) is 4.99 Å². The number of hydrogen-bond acceptors (Lipinski definition) is 3. The van der Waals surface area contributed by atoms with Crippen LogP contribution in [-0.4, -0.2) is 43.6 Å². The Morgan fingerprint density at radius 2 is 2.20 bits per heavy atom. The van der Waals surface area contributed by atoms with Gasteiger partial charge in [-0.3, -0.25) is 9.89 Å². The van der Waals surface area contributed by atoms with Gasteiger partial charge in [-0.25, -0.2) is 0 Å². The van der Waals surface area contributed by atoms with Crippen molar-refractivity contribution in [3.8, 4) is 0 Å². The van der Waals surface area contributed by atoms with E-state index < -0.39 is 0 Å². The van der Waals surface area contributed by atoms with E-state index in [1.54, 1.807) is 11.3 Å². The maximum atomic E-state index is 4.30. The minimum Gasteiger partial charge on any atom is -0.355 e. The number of thiophene rings is 1. The third kappa shape index (κ3) is 4.49. The molecule has 1 aromatic rings. The zero-order valence-electron chi connectivity index (χ0n) is 12.6. The molecule has 5 heteroatoms. The highest BCUT2D eigenvalue weighted by atomic mass is 32.1. The summed E-state index contributed by atoms with van der Waals surface area (Å²) in [5.41, 5.74) is 0. The molecule has 0 bridgehead atoms. The molecule has 0 radical (unpaired) electrons. The van der Waals surface area contributed by atoms with Crippen LogP contribution in [0.15, 0.2) is 22.5 Å².